The summed E-state index contributed by atoms with van der Waals surface area (Å²) in [4.78, 5) is 8.33. The van der Waals surface area contributed by atoms with Crippen molar-refractivity contribution in [3.05, 3.63) is 29.2 Å². The van der Waals surface area contributed by atoms with Crippen LogP contribution in [-0.4, -0.2) is 15.7 Å². The molecule has 0 bridgehead atoms. The van der Waals surface area contributed by atoms with Crippen molar-refractivity contribution in [1.82, 2.24) is 9.97 Å². The molecule has 0 N–H and O–H groups in total. The SMILES string of the molecule is CCS/C=C/c1nccc(C)n1. The van der Waals surface area contributed by atoms with E-state index in [0.717, 1.165) is 17.3 Å². The van der Waals surface area contributed by atoms with Crippen LogP contribution in [0.3, 0.4) is 0 Å². The Morgan fingerprint density at radius 1 is 1.58 bits per heavy atom. The average Bonchev–Trinajstić information content (AvgIpc) is 2.05. The molecule has 0 aliphatic carbocycles. The van der Waals surface area contributed by atoms with Crippen LogP contribution in [0.5, 0.6) is 0 Å². The molecule has 0 amide bonds. The smallest absolute Gasteiger partial charge is 0.152 e. The second-order valence-electron chi connectivity index (χ2n) is 2.31. The molecular weight excluding hydrogens is 168 g/mol. The van der Waals surface area contributed by atoms with Gasteiger partial charge in [0, 0.05) is 11.9 Å². The highest BCUT2D eigenvalue weighted by atomic mass is 32.2. The van der Waals surface area contributed by atoms with Crippen molar-refractivity contribution in [3.63, 3.8) is 0 Å². The van der Waals surface area contributed by atoms with E-state index < -0.39 is 0 Å². The third-order valence-electron chi connectivity index (χ3n) is 1.29. The molecule has 64 valence electrons. The van der Waals surface area contributed by atoms with Crippen LogP contribution in [0.15, 0.2) is 17.7 Å². The summed E-state index contributed by atoms with van der Waals surface area (Å²) in [7, 11) is 0. The fourth-order valence-electron chi connectivity index (χ4n) is 0.754. The van der Waals surface area contributed by atoms with Crippen molar-refractivity contribution in [2.24, 2.45) is 0 Å². The Morgan fingerprint density at radius 2 is 2.42 bits per heavy atom. The Balaban J connectivity index is 2.63. The van der Waals surface area contributed by atoms with E-state index in [-0.39, 0.29) is 0 Å². The molecule has 0 radical (unpaired) electrons. The number of aryl methyl sites for hydroxylation is 1. The van der Waals surface area contributed by atoms with Crippen molar-refractivity contribution in [3.8, 4) is 0 Å². The van der Waals surface area contributed by atoms with Gasteiger partial charge in [0.1, 0.15) is 0 Å². The summed E-state index contributed by atoms with van der Waals surface area (Å²) in [6.07, 6.45) is 3.71. The Bertz CT molecular complexity index is 271. The lowest BCUT2D eigenvalue weighted by Crippen LogP contribution is -1.87. The van der Waals surface area contributed by atoms with Crippen LogP contribution in [0.1, 0.15) is 18.4 Å². The first-order valence-corrected chi connectivity index (χ1v) is 4.95. The van der Waals surface area contributed by atoms with Crippen LogP contribution in [0.2, 0.25) is 0 Å². The molecule has 0 fully saturated rings. The number of thioether (sulfide) groups is 1. The molecule has 0 spiro atoms. The number of aromatic nitrogens is 2. The van der Waals surface area contributed by atoms with Crippen LogP contribution >= 0.6 is 11.8 Å². The van der Waals surface area contributed by atoms with Crippen molar-refractivity contribution in [1.29, 1.82) is 0 Å². The normalized spacial score (nSPS) is 10.8. The van der Waals surface area contributed by atoms with Crippen LogP contribution in [0.4, 0.5) is 0 Å². The summed E-state index contributed by atoms with van der Waals surface area (Å²) in [5.74, 6) is 1.87. The van der Waals surface area contributed by atoms with E-state index in [2.05, 4.69) is 16.9 Å². The minimum absolute atomic E-state index is 0.788. The van der Waals surface area contributed by atoms with Gasteiger partial charge < -0.3 is 0 Å². The maximum absolute atomic E-state index is 4.23. The van der Waals surface area contributed by atoms with Gasteiger partial charge in [0.15, 0.2) is 5.82 Å². The number of hydrogen-bond donors (Lipinski definition) is 0. The molecule has 1 aromatic rings. The number of rotatable bonds is 3. The van der Waals surface area contributed by atoms with Gasteiger partial charge in [-0.2, -0.15) is 0 Å². The van der Waals surface area contributed by atoms with E-state index in [1.165, 1.54) is 0 Å². The lowest BCUT2D eigenvalue weighted by atomic mass is 10.4. The molecule has 0 aliphatic rings. The van der Waals surface area contributed by atoms with E-state index >= 15 is 0 Å². The molecule has 1 heterocycles. The predicted molar refractivity (Wildman–Crippen MR) is 53.9 cm³/mol. The average molecular weight is 180 g/mol. The monoisotopic (exact) mass is 180 g/mol. The fourth-order valence-corrected chi connectivity index (χ4v) is 1.16. The van der Waals surface area contributed by atoms with Crippen molar-refractivity contribution < 1.29 is 0 Å². The Labute approximate surface area is 77.1 Å². The van der Waals surface area contributed by atoms with E-state index in [1.807, 2.05) is 24.5 Å². The summed E-state index contributed by atoms with van der Waals surface area (Å²) in [6.45, 7) is 4.08. The fraction of sp³-hybridized carbons (Fsp3) is 0.333. The molecule has 2 nitrogen and oxygen atoms in total. The molecular formula is C9H12N2S. The summed E-state index contributed by atoms with van der Waals surface area (Å²) in [5, 5.41) is 2.02. The maximum atomic E-state index is 4.23. The highest BCUT2D eigenvalue weighted by molar-refractivity contribution is 8.02. The molecule has 0 unspecified atom stereocenters. The minimum atomic E-state index is 0.788. The zero-order valence-corrected chi connectivity index (χ0v) is 8.14. The molecule has 1 aromatic heterocycles. The predicted octanol–water partition coefficient (Wildman–Crippen LogP) is 2.51. The van der Waals surface area contributed by atoms with Crippen molar-refractivity contribution in [2.75, 3.05) is 5.75 Å². The van der Waals surface area contributed by atoms with Crippen molar-refractivity contribution >= 4 is 17.8 Å². The van der Waals surface area contributed by atoms with E-state index in [4.69, 9.17) is 0 Å². The van der Waals surface area contributed by atoms with Gasteiger partial charge in [-0.15, -0.1) is 11.8 Å². The maximum Gasteiger partial charge on any atom is 0.152 e. The lowest BCUT2D eigenvalue weighted by Gasteiger charge is -1.92. The second kappa shape index (κ2) is 4.93. The quantitative estimate of drug-likeness (QED) is 0.714. The molecule has 0 saturated heterocycles. The topological polar surface area (TPSA) is 25.8 Å². The second-order valence-corrected chi connectivity index (χ2v) is 3.50. The summed E-state index contributed by atoms with van der Waals surface area (Å²) >= 11 is 1.75. The van der Waals surface area contributed by atoms with Crippen molar-refractivity contribution in [2.45, 2.75) is 13.8 Å². The largest absolute Gasteiger partial charge is 0.237 e. The Kier molecular flexibility index (Phi) is 3.80. The first kappa shape index (κ1) is 9.26. The van der Waals surface area contributed by atoms with Gasteiger partial charge in [0.2, 0.25) is 0 Å². The highest BCUT2D eigenvalue weighted by Gasteiger charge is 1.88. The molecule has 1 rings (SSSR count). The van der Waals surface area contributed by atoms with Gasteiger partial charge in [-0.1, -0.05) is 6.92 Å². The van der Waals surface area contributed by atoms with Gasteiger partial charge in [-0.3, -0.25) is 0 Å². The lowest BCUT2D eigenvalue weighted by molar-refractivity contribution is 1.08. The Hall–Kier alpha value is -0.830. The van der Waals surface area contributed by atoms with E-state index in [1.54, 1.807) is 18.0 Å². The summed E-state index contributed by atoms with van der Waals surface area (Å²) in [5.41, 5.74) is 1.01. The zero-order chi connectivity index (χ0) is 8.81. The summed E-state index contributed by atoms with van der Waals surface area (Å²) < 4.78 is 0. The molecule has 3 heteroatoms. The van der Waals surface area contributed by atoms with Crippen LogP contribution in [-0.2, 0) is 0 Å². The van der Waals surface area contributed by atoms with Gasteiger partial charge in [-0.05, 0) is 30.2 Å². The number of nitrogens with zero attached hydrogens (tertiary/aromatic N) is 2. The van der Waals surface area contributed by atoms with E-state index in [0.29, 0.717) is 0 Å². The Morgan fingerprint density at radius 3 is 3.08 bits per heavy atom. The molecule has 0 saturated carbocycles. The molecule has 0 aliphatic heterocycles. The molecule has 0 aromatic carbocycles. The van der Waals surface area contributed by atoms with Crippen LogP contribution < -0.4 is 0 Å². The number of hydrogen-bond acceptors (Lipinski definition) is 3. The molecule has 0 atom stereocenters. The van der Waals surface area contributed by atoms with Gasteiger partial charge in [0.05, 0.1) is 0 Å². The van der Waals surface area contributed by atoms with Gasteiger partial charge in [-0.25, -0.2) is 9.97 Å². The highest BCUT2D eigenvalue weighted by Crippen LogP contribution is 2.04. The van der Waals surface area contributed by atoms with Gasteiger partial charge in [0.25, 0.3) is 0 Å². The first-order valence-electron chi connectivity index (χ1n) is 3.90. The zero-order valence-electron chi connectivity index (χ0n) is 7.32. The van der Waals surface area contributed by atoms with Crippen LogP contribution in [0, 0.1) is 6.92 Å². The van der Waals surface area contributed by atoms with Crippen LogP contribution in [0.25, 0.3) is 6.08 Å². The third-order valence-corrected chi connectivity index (χ3v) is 1.96. The third kappa shape index (κ3) is 3.05. The standard InChI is InChI=1S/C9H12N2S/c1-3-12-7-5-9-10-6-4-8(2)11-9/h4-7H,3H2,1-2H3/b7-5+. The van der Waals surface area contributed by atoms with E-state index in [9.17, 15) is 0 Å². The summed E-state index contributed by atoms with van der Waals surface area (Å²) in [6, 6.07) is 1.89. The first-order chi connectivity index (χ1) is 5.83. The van der Waals surface area contributed by atoms with Gasteiger partial charge >= 0.3 is 0 Å². The molecule has 12 heavy (non-hydrogen) atoms. The minimum Gasteiger partial charge on any atom is -0.237 e.